The molecule has 1 aromatic heterocycles. The van der Waals surface area contributed by atoms with Crippen molar-refractivity contribution in [1.82, 2.24) is 4.98 Å². The maximum atomic E-state index is 13.1. The monoisotopic (exact) mass is 213 g/mol. The van der Waals surface area contributed by atoms with Crippen molar-refractivity contribution in [2.45, 2.75) is 46.0 Å². The molecule has 1 aromatic rings. The van der Waals surface area contributed by atoms with Crippen molar-refractivity contribution in [3.05, 3.63) is 29.1 Å². The first-order chi connectivity index (χ1) is 6.62. The Bertz CT molecular complexity index is 359. The van der Waals surface area contributed by atoms with E-state index in [4.69, 9.17) is 0 Å². The number of nitrogens with zero attached hydrogens (tertiary/aromatic N) is 1. The highest BCUT2D eigenvalue weighted by Crippen LogP contribution is 2.29. The first kappa shape index (κ1) is 12.1. The van der Waals surface area contributed by atoms with Crippen LogP contribution in [0.25, 0.3) is 0 Å². The summed E-state index contributed by atoms with van der Waals surface area (Å²) in [6.07, 6.45) is 0. The summed E-state index contributed by atoms with van der Waals surface area (Å²) < 4.78 is 26.2. The molecule has 0 fully saturated rings. The number of halogens is 2. The summed E-state index contributed by atoms with van der Waals surface area (Å²) in [7, 11) is 0. The van der Waals surface area contributed by atoms with E-state index in [1.54, 1.807) is 6.07 Å². The largest absolute Gasteiger partial charge is 0.286 e. The Labute approximate surface area is 89.5 Å². The predicted octanol–water partition coefficient (Wildman–Crippen LogP) is 3.80. The smallest absolute Gasteiger partial charge is 0.251 e. The van der Waals surface area contributed by atoms with E-state index >= 15 is 0 Å². The van der Waals surface area contributed by atoms with Crippen molar-refractivity contribution in [3.8, 4) is 0 Å². The van der Waals surface area contributed by atoms with Crippen LogP contribution < -0.4 is 0 Å². The molecule has 0 unspecified atom stereocenters. The summed E-state index contributed by atoms with van der Waals surface area (Å²) in [5, 5.41) is 0. The third-order valence-electron chi connectivity index (χ3n) is 2.26. The third-order valence-corrected chi connectivity index (χ3v) is 2.26. The number of hydrogen-bond donors (Lipinski definition) is 0. The molecular weight excluding hydrogens is 196 g/mol. The molecule has 0 N–H and O–H groups in total. The number of hydrogen-bond acceptors (Lipinski definition) is 1. The predicted molar refractivity (Wildman–Crippen MR) is 57.2 cm³/mol. The SMILES string of the molecule is Cc1ccc(C(C)(F)F)nc1C(C)(C)C. The lowest BCUT2D eigenvalue weighted by Gasteiger charge is -2.22. The standard InChI is InChI=1S/C12H17F2N/c1-8-6-7-9(12(5,13)14)15-10(8)11(2,3)4/h6-7H,1-5H3. The minimum atomic E-state index is -2.87. The van der Waals surface area contributed by atoms with Gasteiger partial charge in [0, 0.05) is 18.0 Å². The molecule has 1 heterocycles. The quantitative estimate of drug-likeness (QED) is 0.691. The van der Waals surface area contributed by atoms with Crippen molar-refractivity contribution >= 4 is 0 Å². The van der Waals surface area contributed by atoms with E-state index in [1.807, 2.05) is 27.7 Å². The molecule has 1 rings (SSSR count). The van der Waals surface area contributed by atoms with E-state index in [2.05, 4.69) is 4.98 Å². The number of alkyl halides is 2. The van der Waals surface area contributed by atoms with Crippen LogP contribution in [0, 0.1) is 6.92 Å². The molecule has 0 aliphatic heterocycles. The second-order valence-corrected chi connectivity index (χ2v) is 5.00. The Morgan fingerprint density at radius 2 is 1.60 bits per heavy atom. The molecule has 0 radical (unpaired) electrons. The average molecular weight is 213 g/mol. The fourth-order valence-corrected chi connectivity index (χ4v) is 1.53. The Balaban J connectivity index is 3.30. The highest BCUT2D eigenvalue weighted by atomic mass is 19.3. The number of aromatic nitrogens is 1. The first-order valence-electron chi connectivity index (χ1n) is 4.99. The maximum Gasteiger partial charge on any atom is 0.286 e. The summed E-state index contributed by atoms with van der Waals surface area (Å²) in [5.74, 6) is -2.87. The van der Waals surface area contributed by atoms with Gasteiger partial charge in [0.25, 0.3) is 5.92 Å². The van der Waals surface area contributed by atoms with Crippen LogP contribution in [0.2, 0.25) is 0 Å². The average Bonchev–Trinajstić information content (AvgIpc) is 2.00. The van der Waals surface area contributed by atoms with Gasteiger partial charge in [0.1, 0.15) is 5.69 Å². The molecule has 84 valence electrons. The van der Waals surface area contributed by atoms with Crippen LogP contribution in [-0.4, -0.2) is 4.98 Å². The third kappa shape index (κ3) is 2.74. The molecule has 0 aliphatic carbocycles. The Morgan fingerprint density at radius 3 is 2.00 bits per heavy atom. The molecule has 0 aliphatic rings. The zero-order valence-corrected chi connectivity index (χ0v) is 9.86. The molecule has 3 heteroatoms. The lowest BCUT2D eigenvalue weighted by atomic mass is 9.88. The van der Waals surface area contributed by atoms with Crippen LogP contribution in [0.1, 0.15) is 44.6 Å². The van der Waals surface area contributed by atoms with Gasteiger partial charge in [-0.2, -0.15) is 8.78 Å². The molecule has 0 aromatic carbocycles. The lowest BCUT2D eigenvalue weighted by Crippen LogP contribution is -2.19. The summed E-state index contributed by atoms with van der Waals surface area (Å²) in [4.78, 5) is 4.06. The Kier molecular flexibility index (Phi) is 2.85. The Morgan fingerprint density at radius 1 is 1.07 bits per heavy atom. The fourth-order valence-electron chi connectivity index (χ4n) is 1.53. The van der Waals surface area contributed by atoms with Gasteiger partial charge in [0.05, 0.1) is 0 Å². The zero-order chi connectivity index (χ0) is 11.9. The molecule has 0 atom stereocenters. The second-order valence-electron chi connectivity index (χ2n) is 5.00. The summed E-state index contributed by atoms with van der Waals surface area (Å²) in [5.41, 5.74) is 1.33. The van der Waals surface area contributed by atoms with Gasteiger partial charge in [-0.15, -0.1) is 0 Å². The van der Waals surface area contributed by atoms with Crippen LogP contribution in [0.4, 0.5) is 8.78 Å². The van der Waals surface area contributed by atoms with Crippen molar-refractivity contribution < 1.29 is 8.78 Å². The lowest BCUT2D eigenvalue weighted by molar-refractivity contribution is 0.0124. The van der Waals surface area contributed by atoms with Gasteiger partial charge in [0.2, 0.25) is 0 Å². The van der Waals surface area contributed by atoms with E-state index in [9.17, 15) is 8.78 Å². The summed E-state index contributed by atoms with van der Waals surface area (Å²) in [6, 6.07) is 3.10. The van der Waals surface area contributed by atoms with Gasteiger partial charge in [-0.05, 0) is 18.6 Å². The molecule has 0 saturated heterocycles. The highest BCUT2D eigenvalue weighted by molar-refractivity contribution is 5.28. The van der Waals surface area contributed by atoms with Gasteiger partial charge in [-0.1, -0.05) is 26.8 Å². The van der Waals surface area contributed by atoms with Crippen LogP contribution in [-0.2, 0) is 11.3 Å². The van der Waals surface area contributed by atoms with Crippen LogP contribution in [0.15, 0.2) is 12.1 Å². The number of aryl methyl sites for hydroxylation is 1. The minimum absolute atomic E-state index is 0.155. The Hall–Kier alpha value is -0.990. The van der Waals surface area contributed by atoms with E-state index in [-0.39, 0.29) is 11.1 Å². The van der Waals surface area contributed by atoms with Crippen molar-refractivity contribution in [1.29, 1.82) is 0 Å². The topological polar surface area (TPSA) is 12.9 Å². The highest BCUT2D eigenvalue weighted by Gasteiger charge is 2.28. The molecule has 0 amide bonds. The second kappa shape index (κ2) is 3.54. The van der Waals surface area contributed by atoms with E-state index in [0.29, 0.717) is 0 Å². The molecule has 15 heavy (non-hydrogen) atoms. The van der Waals surface area contributed by atoms with Crippen LogP contribution >= 0.6 is 0 Å². The summed E-state index contributed by atoms with van der Waals surface area (Å²) >= 11 is 0. The van der Waals surface area contributed by atoms with Crippen LogP contribution in [0.3, 0.4) is 0 Å². The van der Waals surface area contributed by atoms with Gasteiger partial charge >= 0.3 is 0 Å². The molecule has 0 bridgehead atoms. The molecular formula is C12H17F2N. The zero-order valence-electron chi connectivity index (χ0n) is 9.86. The molecule has 1 nitrogen and oxygen atoms in total. The van der Waals surface area contributed by atoms with Crippen molar-refractivity contribution in [2.75, 3.05) is 0 Å². The maximum absolute atomic E-state index is 13.1. The fraction of sp³-hybridized carbons (Fsp3) is 0.583. The summed E-state index contributed by atoms with van der Waals surface area (Å²) in [6.45, 7) is 8.68. The van der Waals surface area contributed by atoms with Crippen molar-refractivity contribution in [3.63, 3.8) is 0 Å². The minimum Gasteiger partial charge on any atom is -0.251 e. The van der Waals surface area contributed by atoms with Gasteiger partial charge < -0.3 is 0 Å². The van der Waals surface area contributed by atoms with Crippen LogP contribution in [0.5, 0.6) is 0 Å². The van der Waals surface area contributed by atoms with Crippen molar-refractivity contribution in [2.24, 2.45) is 0 Å². The van der Waals surface area contributed by atoms with Gasteiger partial charge in [0.15, 0.2) is 0 Å². The van der Waals surface area contributed by atoms with E-state index < -0.39 is 5.92 Å². The van der Waals surface area contributed by atoms with E-state index in [1.165, 1.54) is 6.07 Å². The first-order valence-corrected chi connectivity index (χ1v) is 4.99. The molecule has 0 saturated carbocycles. The van der Waals surface area contributed by atoms with Gasteiger partial charge in [-0.3, -0.25) is 4.98 Å². The number of pyridine rings is 1. The normalized spacial score (nSPS) is 13.0. The number of rotatable bonds is 1. The van der Waals surface area contributed by atoms with E-state index in [0.717, 1.165) is 18.2 Å². The van der Waals surface area contributed by atoms with Gasteiger partial charge in [-0.25, -0.2) is 0 Å². The molecule has 0 spiro atoms.